The fourth-order valence-corrected chi connectivity index (χ4v) is 12.3. The van der Waals surface area contributed by atoms with Crippen molar-refractivity contribution >= 4 is 28.6 Å². The molecule has 0 radical (unpaired) electrons. The van der Waals surface area contributed by atoms with Gasteiger partial charge in [-0.15, -0.1) is 0 Å². The molecule has 4 atom stereocenters. The molecule has 1 heterocycles. The Hall–Kier alpha value is -1.54. The number of nitrogens with zero attached hydrogens (tertiary/aromatic N) is 3. The van der Waals surface area contributed by atoms with Gasteiger partial charge in [0.25, 0.3) is 0 Å². The summed E-state index contributed by atoms with van der Waals surface area (Å²) in [7, 11) is -4.24. The number of imidazole rings is 1. The Morgan fingerprint density at radius 1 is 0.493 bits per heavy atom. The summed E-state index contributed by atoms with van der Waals surface area (Å²) < 4.78 is 29.1. The molecule has 0 saturated carbocycles. The zero-order valence-corrected chi connectivity index (χ0v) is 53.0. The van der Waals surface area contributed by atoms with Gasteiger partial charge in [0.2, 0.25) is 0 Å². The molecule has 0 aliphatic carbocycles. The number of unbranched alkanes of at least 4 members (excludes halogenated alkanes) is 18. The lowest BCUT2D eigenvalue weighted by Crippen LogP contribution is -2.50. The Morgan fingerprint density at radius 2 is 0.836 bits per heavy atom. The molecule has 11 heteroatoms. The molecule has 1 aromatic heterocycles. The summed E-state index contributed by atoms with van der Waals surface area (Å²) in [6.45, 7) is 37.1. The van der Waals surface area contributed by atoms with Crippen molar-refractivity contribution in [3.05, 3.63) is 18.7 Å². The largest absolute Gasteiger partial charge is 0.465 e. The summed E-state index contributed by atoms with van der Waals surface area (Å²) in [4.78, 5) is 34.1. The normalized spacial score (nSPS) is 14.4. The topological polar surface area (TPSA) is 92.1 Å². The van der Waals surface area contributed by atoms with Crippen LogP contribution in [0.15, 0.2) is 18.7 Å². The zero-order valence-electron chi connectivity index (χ0n) is 51.0. The van der Waals surface area contributed by atoms with Gasteiger partial charge in [0.15, 0.2) is 16.6 Å². The number of ether oxygens (including phenoxy) is 2. The predicted molar refractivity (Wildman–Crippen MR) is 318 cm³/mol. The van der Waals surface area contributed by atoms with E-state index in [1.54, 1.807) is 0 Å². The molecule has 73 heavy (non-hydrogen) atoms. The second-order valence-electron chi connectivity index (χ2n) is 25.4. The minimum Gasteiger partial charge on any atom is -0.465 e. The van der Waals surface area contributed by atoms with Crippen LogP contribution in [0.25, 0.3) is 0 Å². The first-order valence-electron chi connectivity index (χ1n) is 31.1. The van der Waals surface area contributed by atoms with E-state index in [9.17, 15) is 9.59 Å². The van der Waals surface area contributed by atoms with Crippen LogP contribution in [0.4, 0.5) is 0 Å². The maximum Gasteiger partial charge on any atom is 0.308 e. The highest BCUT2D eigenvalue weighted by atomic mass is 28.4. The number of aromatic nitrogens is 2. The average Bonchev–Trinajstić information content (AvgIpc) is 3.84. The number of rotatable bonds is 48. The van der Waals surface area contributed by atoms with Crippen molar-refractivity contribution in [2.75, 3.05) is 32.8 Å². The molecule has 0 amide bonds. The van der Waals surface area contributed by atoms with Gasteiger partial charge >= 0.3 is 11.9 Å². The summed E-state index contributed by atoms with van der Waals surface area (Å²) in [6, 6.07) is 0. The number of aryl methyl sites for hydroxylation is 1. The molecule has 0 N–H and O–H groups in total. The predicted octanol–water partition coefficient (Wildman–Crippen LogP) is 18.5. The lowest BCUT2D eigenvalue weighted by molar-refractivity contribution is -0.150. The zero-order chi connectivity index (χ0) is 54.4. The Kier molecular flexibility index (Phi) is 38.7. The second kappa shape index (κ2) is 40.6. The average molecular weight is 1060 g/mol. The Morgan fingerprint density at radius 3 is 1.18 bits per heavy atom. The van der Waals surface area contributed by atoms with Crippen LogP contribution in [-0.2, 0) is 34.5 Å². The van der Waals surface area contributed by atoms with Crippen molar-refractivity contribution in [2.24, 2.45) is 11.8 Å². The first kappa shape index (κ1) is 69.5. The van der Waals surface area contributed by atoms with Crippen molar-refractivity contribution < 1.29 is 27.9 Å². The first-order chi connectivity index (χ1) is 34.7. The van der Waals surface area contributed by atoms with E-state index in [4.69, 9.17) is 18.3 Å². The number of carbonyl (C=O) groups is 2. The van der Waals surface area contributed by atoms with Crippen molar-refractivity contribution in [1.82, 2.24) is 14.5 Å². The van der Waals surface area contributed by atoms with E-state index < -0.39 is 16.6 Å². The van der Waals surface area contributed by atoms with Crippen molar-refractivity contribution in [3.63, 3.8) is 0 Å². The molecule has 0 saturated heterocycles. The highest BCUT2D eigenvalue weighted by molar-refractivity contribution is 6.74. The number of hydrogen-bond acceptors (Lipinski definition) is 8. The summed E-state index contributed by atoms with van der Waals surface area (Å²) in [5, 5.41) is 0.159. The fourth-order valence-electron chi connectivity index (χ4n) is 9.56. The molecular formula is C62H123N3O6Si2. The van der Waals surface area contributed by atoms with E-state index in [0.29, 0.717) is 13.2 Å². The van der Waals surface area contributed by atoms with E-state index >= 15 is 0 Å². The van der Waals surface area contributed by atoms with Crippen LogP contribution in [0.5, 0.6) is 0 Å². The molecule has 0 spiro atoms. The smallest absolute Gasteiger partial charge is 0.308 e. The Bertz CT molecular complexity index is 1370. The quantitative estimate of drug-likeness (QED) is 0.0362. The molecule has 9 nitrogen and oxygen atoms in total. The minimum atomic E-state index is -2.12. The fraction of sp³-hybridized carbons (Fsp3) is 0.919. The molecule has 1 rings (SSSR count). The molecule has 0 fully saturated rings. The van der Waals surface area contributed by atoms with E-state index in [1.165, 1.54) is 103 Å². The van der Waals surface area contributed by atoms with Gasteiger partial charge in [-0.2, -0.15) is 0 Å². The van der Waals surface area contributed by atoms with Crippen LogP contribution in [0, 0.1) is 11.8 Å². The van der Waals surface area contributed by atoms with Crippen LogP contribution < -0.4 is 0 Å². The molecule has 0 aliphatic heterocycles. The van der Waals surface area contributed by atoms with Crippen LogP contribution in [0.1, 0.15) is 268 Å². The van der Waals surface area contributed by atoms with Gasteiger partial charge in [-0.1, -0.05) is 198 Å². The van der Waals surface area contributed by atoms with E-state index in [1.807, 2.05) is 12.5 Å². The third-order valence-corrected chi connectivity index (χ3v) is 25.6. The molecule has 430 valence electrons. The number of hydrogen-bond donors (Lipinski definition) is 0. The van der Waals surface area contributed by atoms with E-state index in [2.05, 4.69) is 116 Å². The van der Waals surface area contributed by atoms with E-state index in [0.717, 1.165) is 122 Å². The van der Waals surface area contributed by atoms with Gasteiger partial charge in [-0.25, -0.2) is 4.98 Å². The van der Waals surface area contributed by atoms with Crippen LogP contribution >= 0.6 is 0 Å². The van der Waals surface area contributed by atoms with Crippen molar-refractivity contribution in [3.8, 4) is 0 Å². The SMILES string of the molecule is CCCCCCCCC(CCCCCC)C(=O)OCCCCC(CN(CCCn1ccnc1)CC(CCCCOC(=O)C(CCCCCC)CCCCCCCC)O[Si](C)(C)C(C)(C)C)O[Si](C)(C)C(C)(C)C. The summed E-state index contributed by atoms with van der Waals surface area (Å²) in [5.41, 5.74) is 0. The highest BCUT2D eigenvalue weighted by Crippen LogP contribution is 2.39. The van der Waals surface area contributed by atoms with Gasteiger partial charge in [-0.3, -0.25) is 14.5 Å². The summed E-state index contributed by atoms with van der Waals surface area (Å²) >= 11 is 0. The number of esters is 2. The van der Waals surface area contributed by atoms with Gasteiger partial charge in [0.05, 0.1) is 43.6 Å². The van der Waals surface area contributed by atoms with Gasteiger partial charge < -0.3 is 22.9 Å². The second-order valence-corrected chi connectivity index (χ2v) is 35.0. The van der Waals surface area contributed by atoms with Crippen molar-refractivity contribution in [2.45, 2.75) is 323 Å². The van der Waals surface area contributed by atoms with Gasteiger partial charge in [0, 0.05) is 38.6 Å². The Balaban J connectivity index is 3.22. The number of carbonyl (C=O) groups excluding carboxylic acids is 2. The maximum absolute atomic E-state index is 13.6. The van der Waals surface area contributed by atoms with Crippen LogP contribution in [0.3, 0.4) is 0 Å². The van der Waals surface area contributed by atoms with Gasteiger partial charge in [0.1, 0.15) is 0 Å². The molecular weight excluding hydrogens is 939 g/mol. The molecule has 0 bridgehead atoms. The van der Waals surface area contributed by atoms with E-state index in [-0.39, 0.29) is 46.1 Å². The third-order valence-electron chi connectivity index (χ3n) is 16.5. The summed E-state index contributed by atoms with van der Waals surface area (Å²) in [5.74, 6) is 0.115. The monoisotopic (exact) mass is 1060 g/mol. The van der Waals surface area contributed by atoms with Crippen LogP contribution in [-0.4, -0.2) is 88.1 Å². The highest BCUT2D eigenvalue weighted by Gasteiger charge is 2.41. The lowest BCUT2D eigenvalue weighted by atomic mass is 9.94. The maximum atomic E-state index is 13.6. The molecule has 0 aliphatic rings. The minimum absolute atomic E-state index is 0.0274. The standard InChI is InChI=1S/C62H123N3O6Si2/c1-15-19-23-27-29-33-42-55(40-31-25-21-17-3)59(66)68-50-37-35-44-57(70-72(11,12)61(5,6)7)52-65(48-39-47-64-49-46-63-54-64)53-58(71-73(13,14)62(8,9)10)45-36-38-51-69-60(67)56(41-32-26-22-18-4)43-34-30-28-24-20-16-2/h46,49,54-58H,15-45,47-48,50-53H2,1-14H3. The van der Waals surface area contributed by atoms with Crippen molar-refractivity contribution in [1.29, 1.82) is 0 Å². The molecule has 0 aromatic carbocycles. The summed E-state index contributed by atoms with van der Waals surface area (Å²) in [6.07, 6.45) is 40.7. The first-order valence-corrected chi connectivity index (χ1v) is 36.9. The van der Waals surface area contributed by atoms with Gasteiger partial charge in [-0.05, 0) is 107 Å². The molecule has 1 aromatic rings. The third kappa shape index (κ3) is 33.4. The Labute approximate surface area is 455 Å². The lowest BCUT2D eigenvalue weighted by Gasteiger charge is -2.42. The molecule has 4 unspecified atom stereocenters. The van der Waals surface area contributed by atoms with Crippen LogP contribution in [0.2, 0.25) is 36.3 Å².